The maximum absolute atomic E-state index is 12.3. The van der Waals surface area contributed by atoms with Crippen LogP contribution in [0.1, 0.15) is 23.4 Å². The molecule has 112 valence electrons. The van der Waals surface area contributed by atoms with Gasteiger partial charge in [0.05, 0.1) is 4.88 Å². The van der Waals surface area contributed by atoms with Gasteiger partial charge >= 0.3 is 0 Å². The Morgan fingerprint density at radius 3 is 2.67 bits per heavy atom. The van der Waals surface area contributed by atoms with Crippen LogP contribution in [0.5, 0.6) is 0 Å². The van der Waals surface area contributed by atoms with Gasteiger partial charge in [-0.15, -0.1) is 11.3 Å². The number of sulfonamides is 1. The Morgan fingerprint density at radius 1 is 1.38 bits per heavy atom. The summed E-state index contributed by atoms with van der Waals surface area (Å²) in [7, 11) is -3.60. The van der Waals surface area contributed by atoms with Crippen LogP contribution in [-0.2, 0) is 10.0 Å². The van der Waals surface area contributed by atoms with E-state index >= 15 is 0 Å². The zero-order chi connectivity index (χ0) is 15.6. The predicted molar refractivity (Wildman–Crippen MR) is 93.1 cm³/mol. The summed E-state index contributed by atoms with van der Waals surface area (Å²) in [6, 6.07) is 10.3. The van der Waals surface area contributed by atoms with E-state index in [0.29, 0.717) is 4.88 Å². The van der Waals surface area contributed by atoms with E-state index in [-0.39, 0.29) is 15.2 Å². The van der Waals surface area contributed by atoms with Gasteiger partial charge in [-0.3, -0.25) is 0 Å². The smallest absolute Gasteiger partial charge is 0.250 e. The van der Waals surface area contributed by atoms with Crippen molar-refractivity contribution in [3.05, 3.63) is 51.3 Å². The van der Waals surface area contributed by atoms with Crippen LogP contribution in [-0.4, -0.2) is 13.4 Å². The lowest BCUT2D eigenvalue weighted by atomic mass is 10.1. The Kier molecular flexibility index (Phi) is 5.15. The molecule has 0 saturated carbocycles. The van der Waals surface area contributed by atoms with Gasteiger partial charge in [-0.2, -0.15) is 0 Å². The Hall–Kier alpha value is -0.800. The first-order valence-electron chi connectivity index (χ1n) is 5.97. The second-order valence-corrected chi connectivity index (χ2v) is 8.76. The fraction of sp³-hybridized carbons (Fsp3) is 0.154. The highest BCUT2D eigenvalue weighted by molar-refractivity contribution is 9.10. The standard InChI is InChI=1S/C13H13BrN2O2S3/c1-8(9-3-2-4-10(14)7-9)16-21(17,18)12-6-5-11(20-12)13(15)19/h2-8,16H,1H3,(H2,15,19). The highest BCUT2D eigenvalue weighted by Crippen LogP contribution is 2.24. The summed E-state index contributed by atoms with van der Waals surface area (Å²) in [5.74, 6) is 0. The molecule has 0 aliphatic heterocycles. The summed E-state index contributed by atoms with van der Waals surface area (Å²) in [4.78, 5) is 0.780. The van der Waals surface area contributed by atoms with E-state index in [2.05, 4.69) is 20.7 Å². The van der Waals surface area contributed by atoms with Crippen molar-refractivity contribution in [2.24, 2.45) is 5.73 Å². The van der Waals surface area contributed by atoms with Gasteiger partial charge in [-0.05, 0) is 36.8 Å². The Morgan fingerprint density at radius 2 is 2.10 bits per heavy atom. The first-order chi connectivity index (χ1) is 9.79. The van der Waals surface area contributed by atoms with Gasteiger partial charge in [0.25, 0.3) is 10.0 Å². The van der Waals surface area contributed by atoms with E-state index in [9.17, 15) is 8.42 Å². The molecule has 0 amide bonds. The minimum Gasteiger partial charge on any atom is -0.389 e. The summed E-state index contributed by atoms with van der Waals surface area (Å²) in [5, 5.41) is 0. The van der Waals surface area contributed by atoms with Crippen LogP contribution >= 0.6 is 39.5 Å². The number of nitrogens with two attached hydrogens (primary N) is 1. The molecule has 0 saturated heterocycles. The SMILES string of the molecule is CC(NS(=O)(=O)c1ccc(C(N)=S)s1)c1cccc(Br)c1. The summed E-state index contributed by atoms with van der Waals surface area (Å²) < 4.78 is 28.4. The third-order valence-electron chi connectivity index (χ3n) is 2.77. The fourth-order valence-electron chi connectivity index (χ4n) is 1.73. The number of nitrogens with one attached hydrogen (secondary N) is 1. The maximum Gasteiger partial charge on any atom is 0.250 e. The number of hydrogen-bond donors (Lipinski definition) is 2. The van der Waals surface area contributed by atoms with Gasteiger partial charge in [-0.1, -0.05) is 40.3 Å². The van der Waals surface area contributed by atoms with Crippen LogP contribution in [0.3, 0.4) is 0 Å². The van der Waals surface area contributed by atoms with Crippen molar-refractivity contribution in [1.29, 1.82) is 0 Å². The fourth-order valence-corrected chi connectivity index (χ4v) is 4.75. The molecule has 1 aromatic carbocycles. The molecule has 4 nitrogen and oxygen atoms in total. The molecule has 2 aromatic rings. The van der Waals surface area contributed by atoms with Gasteiger partial charge < -0.3 is 5.73 Å². The molecule has 0 spiro atoms. The second kappa shape index (κ2) is 6.53. The van der Waals surface area contributed by atoms with E-state index in [0.717, 1.165) is 21.4 Å². The summed E-state index contributed by atoms with van der Waals surface area (Å²) >= 11 is 9.28. The van der Waals surface area contributed by atoms with E-state index in [1.54, 1.807) is 13.0 Å². The van der Waals surface area contributed by atoms with Crippen molar-refractivity contribution >= 4 is 54.5 Å². The first-order valence-corrected chi connectivity index (χ1v) is 9.47. The highest BCUT2D eigenvalue weighted by Gasteiger charge is 2.21. The number of benzene rings is 1. The van der Waals surface area contributed by atoms with E-state index in [4.69, 9.17) is 18.0 Å². The number of thiocarbonyl (C=S) groups is 1. The molecule has 0 aliphatic rings. The van der Waals surface area contributed by atoms with E-state index in [1.807, 2.05) is 24.3 Å². The lowest BCUT2D eigenvalue weighted by Crippen LogP contribution is -2.26. The maximum atomic E-state index is 12.3. The number of thiophene rings is 1. The molecule has 0 aliphatic carbocycles. The zero-order valence-electron chi connectivity index (χ0n) is 11.0. The average Bonchev–Trinajstić information content (AvgIpc) is 2.88. The third kappa shape index (κ3) is 4.10. The molecule has 0 fully saturated rings. The topological polar surface area (TPSA) is 72.2 Å². The Bertz CT molecular complexity index is 771. The molecular formula is C13H13BrN2O2S3. The molecule has 2 rings (SSSR count). The zero-order valence-corrected chi connectivity index (χ0v) is 15.1. The van der Waals surface area contributed by atoms with Crippen molar-refractivity contribution in [1.82, 2.24) is 4.72 Å². The lowest BCUT2D eigenvalue weighted by Gasteiger charge is -2.14. The second-order valence-electron chi connectivity index (χ2n) is 4.38. The van der Waals surface area contributed by atoms with E-state index in [1.165, 1.54) is 6.07 Å². The number of halogens is 1. The monoisotopic (exact) mass is 404 g/mol. The van der Waals surface area contributed by atoms with Crippen LogP contribution < -0.4 is 10.5 Å². The minimum absolute atomic E-state index is 0.196. The van der Waals surface area contributed by atoms with Crippen molar-refractivity contribution in [2.75, 3.05) is 0 Å². The largest absolute Gasteiger partial charge is 0.389 e. The third-order valence-corrected chi connectivity index (χ3v) is 6.76. The van der Waals surface area contributed by atoms with Crippen LogP contribution in [0.25, 0.3) is 0 Å². The molecule has 1 heterocycles. The van der Waals surface area contributed by atoms with Gasteiger partial charge in [0, 0.05) is 10.5 Å². The summed E-state index contributed by atoms with van der Waals surface area (Å²) in [6.45, 7) is 1.79. The minimum atomic E-state index is -3.60. The summed E-state index contributed by atoms with van der Waals surface area (Å²) in [5.41, 5.74) is 6.37. The van der Waals surface area contributed by atoms with Gasteiger partial charge in [0.15, 0.2) is 0 Å². The molecule has 0 radical (unpaired) electrons. The van der Waals surface area contributed by atoms with Gasteiger partial charge in [0.2, 0.25) is 0 Å². The molecule has 1 aromatic heterocycles. The van der Waals surface area contributed by atoms with Crippen molar-refractivity contribution < 1.29 is 8.42 Å². The Balaban J connectivity index is 2.22. The van der Waals surface area contributed by atoms with Gasteiger partial charge in [0.1, 0.15) is 9.20 Å². The van der Waals surface area contributed by atoms with Crippen LogP contribution in [0.2, 0.25) is 0 Å². The number of hydrogen-bond acceptors (Lipinski definition) is 4. The molecule has 0 bridgehead atoms. The molecule has 8 heteroatoms. The normalized spacial score (nSPS) is 13.0. The first kappa shape index (κ1) is 16.6. The van der Waals surface area contributed by atoms with Crippen LogP contribution in [0, 0.1) is 0 Å². The molecule has 1 unspecified atom stereocenters. The quantitative estimate of drug-likeness (QED) is 0.750. The summed E-state index contributed by atoms with van der Waals surface area (Å²) in [6.07, 6.45) is 0. The van der Waals surface area contributed by atoms with Crippen molar-refractivity contribution in [3.8, 4) is 0 Å². The van der Waals surface area contributed by atoms with Gasteiger partial charge in [-0.25, -0.2) is 13.1 Å². The van der Waals surface area contributed by atoms with Crippen molar-refractivity contribution in [3.63, 3.8) is 0 Å². The molecule has 1 atom stereocenters. The van der Waals surface area contributed by atoms with Crippen LogP contribution in [0.4, 0.5) is 0 Å². The average molecular weight is 405 g/mol. The Labute approximate surface area is 141 Å². The lowest BCUT2D eigenvalue weighted by molar-refractivity contribution is 0.569. The highest BCUT2D eigenvalue weighted by atomic mass is 79.9. The molecule has 3 N–H and O–H groups in total. The van der Waals surface area contributed by atoms with E-state index < -0.39 is 10.0 Å². The molecule has 21 heavy (non-hydrogen) atoms. The number of rotatable bonds is 5. The predicted octanol–water partition coefficient (Wildman–Crippen LogP) is 3.18. The van der Waals surface area contributed by atoms with Crippen molar-refractivity contribution in [2.45, 2.75) is 17.2 Å². The molecular weight excluding hydrogens is 392 g/mol. The van der Waals surface area contributed by atoms with Crippen LogP contribution in [0.15, 0.2) is 45.1 Å².